The first-order valence-corrected chi connectivity index (χ1v) is 3.82. The van der Waals surface area contributed by atoms with Gasteiger partial charge >= 0.3 is 0 Å². The fraction of sp³-hybridized carbons (Fsp3) is 0. The molecule has 0 aromatic carbocycles. The first-order valence-electron chi connectivity index (χ1n) is 3.82. The molecule has 5 heteroatoms. The zero-order chi connectivity index (χ0) is 9.10. The van der Waals surface area contributed by atoms with E-state index < -0.39 is 0 Å². The molecule has 0 spiro atoms. The van der Waals surface area contributed by atoms with E-state index in [0.29, 0.717) is 5.69 Å². The fourth-order valence-corrected chi connectivity index (χ4v) is 0.943. The van der Waals surface area contributed by atoms with Crippen LogP contribution in [0, 0.1) is 0 Å². The third-order valence-corrected chi connectivity index (χ3v) is 1.55. The molecule has 0 radical (unpaired) electrons. The Labute approximate surface area is 75.0 Å². The van der Waals surface area contributed by atoms with Gasteiger partial charge in [0.05, 0.1) is 18.1 Å². The lowest BCUT2D eigenvalue weighted by molar-refractivity contribution is 1.09. The number of rotatable bonds is 2. The Morgan fingerprint density at radius 2 is 2.23 bits per heavy atom. The number of nitrogens with one attached hydrogen (secondary N) is 2. The number of nitrogens with two attached hydrogens (primary N) is 1. The molecule has 5 nitrogen and oxygen atoms in total. The van der Waals surface area contributed by atoms with Crippen LogP contribution in [0.4, 0.5) is 17.3 Å². The molecule has 13 heavy (non-hydrogen) atoms. The van der Waals surface area contributed by atoms with Crippen molar-refractivity contribution >= 4 is 17.3 Å². The Morgan fingerprint density at radius 3 is 2.85 bits per heavy atom. The number of H-pyrrole nitrogens is 1. The highest BCUT2D eigenvalue weighted by molar-refractivity contribution is 5.52. The summed E-state index contributed by atoms with van der Waals surface area (Å²) in [5.74, 6) is 1.54. The summed E-state index contributed by atoms with van der Waals surface area (Å²) in [6, 6.07) is 5.40. The summed E-state index contributed by atoms with van der Waals surface area (Å²) in [4.78, 5) is 4.07. The second-order valence-electron chi connectivity index (χ2n) is 2.57. The van der Waals surface area contributed by atoms with E-state index in [1.165, 1.54) is 0 Å². The van der Waals surface area contributed by atoms with Crippen molar-refractivity contribution < 1.29 is 0 Å². The number of nitrogen functional groups attached to an aromatic ring is 1. The highest BCUT2D eigenvalue weighted by Crippen LogP contribution is 2.11. The SMILES string of the molecule is Nc1ccc(Nc2ccn[nH]2)nc1. The highest BCUT2D eigenvalue weighted by Gasteiger charge is 1.95. The van der Waals surface area contributed by atoms with Crippen molar-refractivity contribution in [2.24, 2.45) is 0 Å². The van der Waals surface area contributed by atoms with Gasteiger partial charge in [0.25, 0.3) is 0 Å². The van der Waals surface area contributed by atoms with Crippen molar-refractivity contribution in [3.05, 3.63) is 30.6 Å². The number of anilines is 3. The smallest absolute Gasteiger partial charge is 0.131 e. The van der Waals surface area contributed by atoms with E-state index in [1.807, 2.05) is 6.07 Å². The van der Waals surface area contributed by atoms with Gasteiger partial charge < -0.3 is 11.1 Å². The Bertz CT molecular complexity index is 364. The maximum atomic E-state index is 5.49. The van der Waals surface area contributed by atoms with E-state index in [0.717, 1.165) is 11.6 Å². The van der Waals surface area contributed by atoms with Gasteiger partial charge in [0.15, 0.2) is 0 Å². The average Bonchev–Trinajstić information content (AvgIpc) is 2.62. The van der Waals surface area contributed by atoms with Crippen LogP contribution < -0.4 is 11.1 Å². The molecule has 66 valence electrons. The van der Waals surface area contributed by atoms with Crippen LogP contribution in [0.5, 0.6) is 0 Å². The van der Waals surface area contributed by atoms with Crippen molar-refractivity contribution in [3.63, 3.8) is 0 Å². The van der Waals surface area contributed by atoms with Gasteiger partial charge in [0.1, 0.15) is 11.6 Å². The lowest BCUT2D eigenvalue weighted by Crippen LogP contribution is -1.94. The fourth-order valence-electron chi connectivity index (χ4n) is 0.943. The van der Waals surface area contributed by atoms with Gasteiger partial charge in [-0.05, 0) is 12.1 Å². The normalized spacial score (nSPS) is 9.85. The molecule has 0 saturated heterocycles. The Hall–Kier alpha value is -2.04. The molecular weight excluding hydrogens is 166 g/mol. The summed E-state index contributed by atoms with van der Waals surface area (Å²) in [5, 5.41) is 9.59. The van der Waals surface area contributed by atoms with Crippen molar-refractivity contribution in [3.8, 4) is 0 Å². The topological polar surface area (TPSA) is 79.6 Å². The Balaban J connectivity index is 2.15. The molecule has 0 saturated carbocycles. The third kappa shape index (κ3) is 1.76. The monoisotopic (exact) mass is 175 g/mol. The highest BCUT2D eigenvalue weighted by atomic mass is 15.2. The van der Waals surface area contributed by atoms with Crippen LogP contribution in [0.2, 0.25) is 0 Å². The molecule has 0 fully saturated rings. The molecule has 2 heterocycles. The van der Waals surface area contributed by atoms with E-state index in [-0.39, 0.29) is 0 Å². The minimum Gasteiger partial charge on any atom is -0.397 e. The van der Waals surface area contributed by atoms with E-state index in [2.05, 4.69) is 20.5 Å². The average molecular weight is 175 g/mol. The van der Waals surface area contributed by atoms with Gasteiger partial charge in [-0.3, -0.25) is 5.10 Å². The molecule has 2 rings (SSSR count). The largest absolute Gasteiger partial charge is 0.397 e. The number of nitrogens with zero attached hydrogens (tertiary/aromatic N) is 2. The molecule has 0 aliphatic rings. The van der Waals surface area contributed by atoms with Crippen molar-refractivity contribution in [1.29, 1.82) is 0 Å². The quantitative estimate of drug-likeness (QED) is 0.639. The van der Waals surface area contributed by atoms with Gasteiger partial charge in [-0.2, -0.15) is 5.10 Å². The minimum atomic E-state index is 0.648. The molecule has 0 unspecified atom stereocenters. The van der Waals surface area contributed by atoms with Crippen LogP contribution in [0.25, 0.3) is 0 Å². The van der Waals surface area contributed by atoms with Gasteiger partial charge in [-0.25, -0.2) is 4.98 Å². The van der Waals surface area contributed by atoms with E-state index in [1.54, 1.807) is 24.5 Å². The molecular formula is C8H9N5. The maximum absolute atomic E-state index is 5.49. The lowest BCUT2D eigenvalue weighted by atomic mass is 10.4. The summed E-state index contributed by atoms with van der Waals surface area (Å²) >= 11 is 0. The summed E-state index contributed by atoms with van der Waals surface area (Å²) in [5.41, 5.74) is 6.14. The summed E-state index contributed by atoms with van der Waals surface area (Å²) in [6.07, 6.45) is 3.26. The van der Waals surface area contributed by atoms with Gasteiger partial charge in [0.2, 0.25) is 0 Å². The Morgan fingerprint density at radius 1 is 1.31 bits per heavy atom. The van der Waals surface area contributed by atoms with E-state index >= 15 is 0 Å². The number of aromatic nitrogens is 3. The molecule has 0 aliphatic heterocycles. The predicted octanol–water partition coefficient (Wildman–Crippen LogP) is 1.13. The molecule has 2 aromatic heterocycles. The zero-order valence-corrected chi connectivity index (χ0v) is 6.86. The van der Waals surface area contributed by atoms with Crippen LogP contribution in [0.15, 0.2) is 30.6 Å². The van der Waals surface area contributed by atoms with Crippen LogP contribution >= 0.6 is 0 Å². The van der Waals surface area contributed by atoms with Crippen molar-refractivity contribution in [2.45, 2.75) is 0 Å². The van der Waals surface area contributed by atoms with Crippen LogP contribution in [0.3, 0.4) is 0 Å². The summed E-state index contributed by atoms with van der Waals surface area (Å²) < 4.78 is 0. The summed E-state index contributed by atoms with van der Waals surface area (Å²) in [7, 11) is 0. The minimum absolute atomic E-state index is 0.648. The number of hydrogen-bond acceptors (Lipinski definition) is 4. The van der Waals surface area contributed by atoms with Gasteiger partial charge in [-0.15, -0.1) is 0 Å². The van der Waals surface area contributed by atoms with Crippen LogP contribution in [0.1, 0.15) is 0 Å². The maximum Gasteiger partial charge on any atom is 0.131 e. The van der Waals surface area contributed by atoms with Crippen molar-refractivity contribution in [1.82, 2.24) is 15.2 Å². The first-order chi connectivity index (χ1) is 6.34. The first kappa shape index (κ1) is 7.60. The molecule has 0 atom stereocenters. The summed E-state index contributed by atoms with van der Waals surface area (Å²) in [6.45, 7) is 0. The standard InChI is InChI=1S/C8H9N5/c9-6-1-2-7(10-5-6)12-8-3-4-11-13-8/h1-5H,9H2,(H2,10,11,12,13). The van der Waals surface area contributed by atoms with Crippen LogP contribution in [-0.2, 0) is 0 Å². The van der Waals surface area contributed by atoms with Gasteiger partial charge in [-0.1, -0.05) is 0 Å². The molecule has 0 bridgehead atoms. The predicted molar refractivity (Wildman–Crippen MR) is 50.5 cm³/mol. The van der Waals surface area contributed by atoms with E-state index in [9.17, 15) is 0 Å². The lowest BCUT2D eigenvalue weighted by Gasteiger charge is -2.01. The van der Waals surface area contributed by atoms with Crippen LogP contribution in [-0.4, -0.2) is 15.2 Å². The molecule has 0 aliphatic carbocycles. The molecule has 2 aromatic rings. The third-order valence-electron chi connectivity index (χ3n) is 1.55. The number of hydrogen-bond donors (Lipinski definition) is 3. The van der Waals surface area contributed by atoms with E-state index in [4.69, 9.17) is 5.73 Å². The van der Waals surface area contributed by atoms with Gasteiger partial charge in [0, 0.05) is 6.07 Å². The second kappa shape index (κ2) is 3.14. The second-order valence-corrected chi connectivity index (χ2v) is 2.57. The van der Waals surface area contributed by atoms with Crippen molar-refractivity contribution in [2.75, 3.05) is 11.1 Å². The molecule has 4 N–H and O–H groups in total. The zero-order valence-electron chi connectivity index (χ0n) is 6.86. The molecule has 0 amide bonds. The Kier molecular flexibility index (Phi) is 1.84. The number of aromatic amines is 1. The number of pyridine rings is 1.